The zero-order valence-corrected chi connectivity index (χ0v) is 7.76. The van der Waals surface area contributed by atoms with Gasteiger partial charge in [0.2, 0.25) is 0 Å². The van der Waals surface area contributed by atoms with Gasteiger partial charge in [0.05, 0.1) is 6.10 Å². The average Bonchev–Trinajstić information content (AvgIpc) is 2.31. The Kier molecular flexibility index (Phi) is 3.34. The monoisotopic (exact) mass is 157 g/mol. The van der Waals surface area contributed by atoms with Crippen LogP contribution in [0.25, 0.3) is 0 Å². The van der Waals surface area contributed by atoms with Gasteiger partial charge in [-0.1, -0.05) is 20.8 Å². The molecule has 1 aliphatic heterocycles. The molecule has 0 aromatic heterocycles. The molecule has 1 N–H and O–H groups in total. The normalized spacial score (nSPS) is 31.6. The van der Waals surface area contributed by atoms with Crippen LogP contribution in [-0.2, 0) is 4.74 Å². The third kappa shape index (κ3) is 2.80. The van der Waals surface area contributed by atoms with Crippen molar-refractivity contribution < 1.29 is 4.74 Å². The van der Waals surface area contributed by atoms with Crippen molar-refractivity contribution in [1.82, 2.24) is 5.32 Å². The van der Waals surface area contributed by atoms with E-state index in [2.05, 4.69) is 26.1 Å². The summed E-state index contributed by atoms with van der Waals surface area (Å²) in [5.41, 5.74) is 0. The second-order valence-corrected chi connectivity index (χ2v) is 3.74. The zero-order valence-electron chi connectivity index (χ0n) is 7.76. The van der Waals surface area contributed by atoms with Crippen molar-refractivity contribution in [2.75, 3.05) is 13.2 Å². The van der Waals surface area contributed by atoms with Crippen LogP contribution >= 0.6 is 0 Å². The molecule has 66 valence electrons. The molecular weight excluding hydrogens is 138 g/mol. The van der Waals surface area contributed by atoms with E-state index in [1.807, 2.05) is 0 Å². The Bertz CT molecular complexity index is 114. The van der Waals surface area contributed by atoms with E-state index in [4.69, 9.17) is 4.74 Å². The second kappa shape index (κ2) is 4.07. The van der Waals surface area contributed by atoms with E-state index >= 15 is 0 Å². The van der Waals surface area contributed by atoms with Gasteiger partial charge >= 0.3 is 0 Å². The third-order valence-electron chi connectivity index (χ3n) is 2.27. The van der Waals surface area contributed by atoms with Gasteiger partial charge in [0.15, 0.2) is 0 Å². The molecule has 2 nitrogen and oxygen atoms in total. The number of hydrogen-bond acceptors (Lipinski definition) is 2. The Balaban J connectivity index is 2.15. The zero-order chi connectivity index (χ0) is 8.27. The maximum Gasteiger partial charge on any atom is 0.0725 e. The van der Waals surface area contributed by atoms with Crippen LogP contribution < -0.4 is 5.32 Å². The molecule has 1 aliphatic rings. The van der Waals surface area contributed by atoms with Gasteiger partial charge in [-0.25, -0.2) is 0 Å². The summed E-state index contributed by atoms with van der Waals surface area (Å²) < 4.78 is 5.55. The maximum absolute atomic E-state index is 5.55. The molecule has 2 unspecified atom stereocenters. The average molecular weight is 157 g/mol. The Morgan fingerprint density at radius 1 is 1.55 bits per heavy atom. The lowest BCUT2D eigenvalue weighted by Crippen LogP contribution is -2.34. The molecule has 1 fully saturated rings. The summed E-state index contributed by atoms with van der Waals surface area (Å²) >= 11 is 0. The van der Waals surface area contributed by atoms with E-state index < -0.39 is 0 Å². The fraction of sp³-hybridized carbons (Fsp3) is 1.00. The fourth-order valence-electron chi connectivity index (χ4n) is 1.37. The van der Waals surface area contributed by atoms with E-state index in [1.54, 1.807) is 0 Å². The Morgan fingerprint density at radius 2 is 2.27 bits per heavy atom. The predicted molar refractivity (Wildman–Crippen MR) is 46.7 cm³/mol. The fourth-order valence-corrected chi connectivity index (χ4v) is 1.37. The minimum absolute atomic E-state index is 0.456. The molecule has 1 rings (SSSR count). The molecule has 0 aromatic carbocycles. The second-order valence-electron chi connectivity index (χ2n) is 3.74. The summed E-state index contributed by atoms with van der Waals surface area (Å²) in [4.78, 5) is 0. The molecule has 0 amide bonds. The van der Waals surface area contributed by atoms with E-state index in [9.17, 15) is 0 Å². The first-order valence-electron chi connectivity index (χ1n) is 4.55. The molecule has 1 saturated heterocycles. The van der Waals surface area contributed by atoms with Crippen LogP contribution in [0.15, 0.2) is 0 Å². The van der Waals surface area contributed by atoms with Crippen LogP contribution in [0.1, 0.15) is 27.2 Å². The van der Waals surface area contributed by atoms with Gasteiger partial charge in [-0.3, -0.25) is 0 Å². The van der Waals surface area contributed by atoms with Crippen molar-refractivity contribution in [1.29, 1.82) is 0 Å². The van der Waals surface area contributed by atoms with Crippen LogP contribution in [0.3, 0.4) is 0 Å². The Labute approximate surface area is 69.3 Å². The molecule has 0 radical (unpaired) electrons. The first kappa shape index (κ1) is 9.01. The highest BCUT2D eigenvalue weighted by Crippen LogP contribution is 2.18. The smallest absolute Gasteiger partial charge is 0.0725 e. The molecule has 1 heterocycles. The van der Waals surface area contributed by atoms with Crippen molar-refractivity contribution in [2.24, 2.45) is 5.92 Å². The molecule has 0 aliphatic carbocycles. The van der Waals surface area contributed by atoms with Crippen molar-refractivity contribution in [2.45, 2.75) is 39.3 Å². The highest BCUT2D eigenvalue weighted by atomic mass is 16.5. The van der Waals surface area contributed by atoms with E-state index in [0.29, 0.717) is 12.1 Å². The SMILES string of the molecule is CC(C)NCC1OCCC1C. The molecule has 2 atom stereocenters. The molecule has 0 aromatic rings. The van der Waals surface area contributed by atoms with E-state index in [1.165, 1.54) is 6.42 Å². The van der Waals surface area contributed by atoms with Crippen LogP contribution in [0.5, 0.6) is 0 Å². The van der Waals surface area contributed by atoms with Gasteiger partial charge < -0.3 is 10.1 Å². The highest BCUT2D eigenvalue weighted by Gasteiger charge is 2.23. The summed E-state index contributed by atoms with van der Waals surface area (Å²) in [5.74, 6) is 0.737. The predicted octanol–water partition coefficient (Wildman–Crippen LogP) is 1.41. The largest absolute Gasteiger partial charge is 0.377 e. The molecule has 0 bridgehead atoms. The van der Waals surface area contributed by atoms with Crippen molar-refractivity contribution in [3.05, 3.63) is 0 Å². The quantitative estimate of drug-likeness (QED) is 0.669. The van der Waals surface area contributed by atoms with E-state index in [-0.39, 0.29) is 0 Å². The lowest BCUT2D eigenvalue weighted by Gasteiger charge is -2.16. The minimum atomic E-state index is 0.456. The molecule has 0 saturated carbocycles. The molecular formula is C9H19NO. The van der Waals surface area contributed by atoms with Gasteiger partial charge in [0.1, 0.15) is 0 Å². The summed E-state index contributed by atoms with van der Waals surface area (Å²) in [6.45, 7) is 8.56. The number of nitrogens with one attached hydrogen (secondary N) is 1. The van der Waals surface area contributed by atoms with Crippen molar-refractivity contribution in [3.63, 3.8) is 0 Å². The topological polar surface area (TPSA) is 21.3 Å². The van der Waals surface area contributed by atoms with Crippen molar-refractivity contribution in [3.8, 4) is 0 Å². The number of hydrogen-bond donors (Lipinski definition) is 1. The van der Waals surface area contributed by atoms with Gasteiger partial charge in [-0.2, -0.15) is 0 Å². The summed E-state index contributed by atoms with van der Waals surface area (Å²) in [6.07, 6.45) is 1.68. The first-order valence-corrected chi connectivity index (χ1v) is 4.55. The summed E-state index contributed by atoms with van der Waals surface area (Å²) in [7, 11) is 0. The maximum atomic E-state index is 5.55. The Hall–Kier alpha value is -0.0800. The van der Waals surface area contributed by atoms with Gasteiger partial charge in [0, 0.05) is 19.2 Å². The number of rotatable bonds is 3. The molecule has 11 heavy (non-hydrogen) atoms. The highest BCUT2D eigenvalue weighted by molar-refractivity contribution is 4.75. The van der Waals surface area contributed by atoms with Crippen LogP contribution in [-0.4, -0.2) is 25.3 Å². The Morgan fingerprint density at radius 3 is 2.73 bits per heavy atom. The lowest BCUT2D eigenvalue weighted by atomic mass is 10.0. The van der Waals surface area contributed by atoms with Gasteiger partial charge in [0.25, 0.3) is 0 Å². The van der Waals surface area contributed by atoms with E-state index in [0.717, 1.165) is 19.1 Å². The van der Waals surface area contributed by atoms with Gasteiger partial charge in [-0.05, 0) is 12.3 Å². The third-order valence-corrected chi connectivity index (χ3v) is 2.27. The van der Waals surface area contributed by atoms with Crippen molar-refractivity contribution >= 4 is 0 Å². The van der Waals surface area contributed by atoms with Crippen LogP contribution in [0.2, 0.25) is 0 Å². The van der Waals surface area contributed by atoms with Gasteiger partial charge in [-0.15, -0.1) is 0 Å². The lowest BCUT2D eigenvalue weighted by molar-refractivity contribution is 0.0917. The van der Waals surface area contributed by atoms with Crippen LogP contribution in [0, 0.1) is 5.92 Å². The van der Waals surface area contributed by atoms with Crippen LogP contribution in [0.4, 0.5) is 0 Å². The molecule has 0 spiro atoms. The summed E-state index contributed by atoms with van der Waals surface area (Å²) in [5, 5.41) is 3.39. The minimum Gasteiger partial charge on any atom is -0.377 e. The standard InChI is InChI=1S/C9H19NO/c1-7(2)10-6-9-8(3)4-5-11-9/h7-10H,4-6H2,1-3H3. The first-order chi connectivity index (χ1) is 5.20. The number of ether oxygens (including phenoxy) is 1. The molecule has 2 heteroatoms. The summed E-state index contributed by atoms with van der Waals surface area (Å²) in [6, 6.07) is 0.575.